The lowest BCUT2D eigenvalue weighted by atomic mass is 9.99. The number of benzene rings is 2. The van der Waals surface area contributed by atoms with Gasteiger partial charge >= 0.3 is 0 Å². The number of rotatable bonds is 4. The van der Waals surface area contributed by atoms with E-state index in [1.807, 2.05) is 42.5 Å². The fourth-order valence-corrected chi connectivity index (χ4v) is 3.23. The van der Waals surface area contributed by atoms with Gasteiger partial charge in [0.05, 0.1) is 11.7 Å². The predicted molar refractivity (Wildman–Crippen MR) is 109 cm³/mol. The summed E-state index contributed by atoms with van der Waals surface area (Å²) in [7, 11) is 0. The van der Waals surface area contributed by atoms with Gasteiger partial charge in [-0.3, -0.25) is 9.97 Å². The van der Waals surface area contributed by atoms with Crippen molar-refractivity contribution in [3.8, 4) is 5.75 Å². The van der Waals surface area contributed by atoms with Crippen LogP contribution in [0.15, 0.2) is 73.1 Å². The van der Waals surface area contributed by atoms with Gasteiger partial charge in [0.15, 0.2) is 0 Å². The Hall–Kier alpha value is -3.40. The average molecular weight is 355 g/mol. The standard InChI is InChI=1S/C23H21N3O/c1-15-8-10-18(14-16(15)2)26-22(20-7-3-4-12-24-20)19-11-9-17-6-5-13-25-21(17)23(19)27/h3-14,22,26-27H,1-2H3. The van der Waals surface area contributed by atoms with E-state index in [4.69, 9.17) is 0 Å². The molecule has 4 heteroatoms. The molecule has 0 aliphatic rings. The van der Waals surface area contributed by atoms with Gasteiger partial charge in [-0.15, -0.1) is 0 Å². The van der Waals surface area contributed by atoms with Gasteiger partial charge in [-0.1, -0.05) is 30.3 Å². The maximum Gasteiger partial charge on any atom is 0.147 e. The molecule has 0 saturated heterocycles. The zero-order valence-corrected chi connectivity index (χ0v) is 15.3. The van der Waals surface area contributed by atoms with Crippen LogP contribution in [0.4, 0.5) is 5.69 Å². The number of phenolic OH excluding ortho intramolecular Hbond substituents is 1. The first-order valence-corrected chi connectivity index (χ1v) is 8.95. The smallest absolute Gasteiger partial charge is 0.147 e. The van der Waals surface area contributed by atoms with Crippen LogP contribution in [0, 0.1) is 13.8 Å². The minimum atomic E-state index is -0.292. The molecule has 134 valence electrons. The molecule has 2 aromatic carbocycles. The van der Waals surface area contributed by atoms with Crippen molar-refractivity contribution < 1.29 is 5.11 Å². The lowest BCUT2D eigenvalue weighted by molar-refractivity contribution is 0.471. The van der Waals surface area contributed by atoms with Gasteiger partial charge in [-0.2, -0.15) is 0 Å². The molecule has 0 radical (unpaired) electrons. The second-order valence-electron chi connectivity index (χ2n) is 6.71. The van der Waals surface area contributed by atoms with Crippen LogP contribution in [0.3, 0.4) is 0 Å². The number of nitrogens with zero attached hydrogens (tertiary/aromatic N) is 2. The van der Waals surface area contributed by atoms with Gasteiger partial charge in [0.1, 0.15) is 11.3 Å². The van der Waals surface area contributed by atoms with Crippen LogP contribution < -0.4 is 5.32 Å². The Kier molecular flexibility index (Phi) is 4.47. The fourth-order valence-electron chi connectivity index (χ4n) is 3.23. The van der Waals surface area contributed by atoms with Crippen LogP contribution in [0.2, 0.25) is 0 Å². The monoisotopic (exact) mass is 355 g/mol. The number of aromatic hydroxyl groups is 1. The number of pyridine rings is 2. The fraction of sp³-hybridized carbons (Fsp3) is 0.130. The second kappa shape index (κ2) is 7.08. The highest BCUT2D eigenvalue weighted by Gasteiger charge is 2.21. The van der Waals surface area contributed by atoms with Gasteiger partial charge in [0.2, 0.25) is 0 Å². The molecule has 1 atom stereocenters. The summed E-state index contributed by atoms with van der Waals surface area (Å²) in [6.07, 6.45) is 3.46. The van der Waals surface area contributed by atoms with E-state index < -0.39 is 0 Å². The second-order valence-corrected chi connectivity index (χ2v) is 6.71. The van der Waals surface area contributed by atoms with E-state index in [1.54, 1.807) is 12.4 Å². The molecule has 4 aromatic rings. The minimum Gasteiger partial charge on any atom is -0.505 e. The number of aromatic nitrogens is 2. The highest BCUT2D eigenvalue weighted by molar-refractivity contribution is 5.86. The Balaban J connectivity index is 1.83. The van der Waals surface area contributed by atoms with Crippen molar-refractivity contribution in [2.24, 2.45) is 0 Å². The third kappa shape index (κ3) is 3.34. The van der Waals surface area contributed by atoms with Crippen LogP contribution in [0.5, 0.6) is 5.75 Å². The average Bonchev–Trinajstić information content (AvgIpc) is 2.70. The van der Waals surface area contributed by atoms with E-state index in [-0.39, 0.29) is 11.8 Å². The molecular formula is C23H21N3O. The molecule has 0 spiro atoms. The number of anilines is 1. The maximum atomic E-state index is 10.9. The van der Waals surface area contributed by atoms with Crippen LogP contribution in [-0.2, 0) is 0 Å². The summed E-state index contributed by atoms with van der Waals surface area (Å²) < 4.78 is 0. The van der Waals surface area contributed by atoms with Crippen LogP contribution in [0.1, 0.15) is 28.4 Å². The summed E-state index contributed by atoms with van der Waals surface area (Å²) in [4.78, 5) is 8.87. The Labute approximate surface area is 158 Å². The molecule has 2 aromatic heterocycles. The van der Waals surface area contributed by atoms with Crippen molar-refractivity contribution in [3.05, 3.63) is 95.4 Å². The predicted octanol–water partition coefficient (Wildman–Crippen LogP) is 5.15. The van der Waals surface area contributed by atoms with Crippen molar-refractivity contribution in [1.82, 2.24) is 9.97 Å². The van der Waals surface area contributed by atoms with Crippen molar-refractivity contribution >= 4 is 16.6 Å². The van der Waals surface area contributed by atoms with Crippen LogP contribution in [-0.4, -0.2) is 15.1 Å². The molecule has 4 nitrogen and oxygen atoms in total. The van der Waals surface area contributed by atoms with E-state index in [1.165, 1.54) is 11.1 Å². The third-order valence-corrected chi connectivity index (χ3v) is 4.89. The topological polar surface area (TPSA) is 58.0 Å². The number of nitrogens with one attached hydrogen (secondary N) is 1. The maximum absolute atomic E-state index is 10.9. The zero-order valence-electron chi connectivity index (χ0n) is 15.3. The first-order valence-electron chi connectivity index (χ1n) is 8.95. The number of hydrogen-bond donors (Lipinski definition) is 2. The summed E-state index contributed by atoms with van der Waals surface area (Å²) in [5, 5.41) is 15.4. The van der Waals surface area contributed by atoms with Crippen LogP contribution >= 0.6 is 0 Å². The Morgan fingerprint density at radius 1 is 0.852 bits per heavy atom. The molecule has 0 amide bonds. The van der Waals surface area contributed by atoms with E-state index in [9.17, 15) is 5.11 Å². The quantitative estimate of drug-likeness (QED) is 0.531. The molecule has 0 bridgehead atoms. The minimum absolute atomic E-state index is 0.181. The van der Waals surface area contributed by atoms with Crippen molar-refractivity contribution in [1.29, 1.82) is 0 Å². The molecule has 2 N–H and O–H groups in total. The number of hydrogen-bond acceptors (Lipinski definition) is 4. The molecule has 27 heavy (non-hydrogen) atoms. The largest absolute Gasteiger partial charge is 0.505 e. The van der Waals surface area contributed by atoms with Gasteiger partial charge in [0.25, 0.3) is 0 Å². The Morgan fingerprint density at radius 3 is 2.48 bits per heavy atom. The Bertz CT molecular complexity index is 1090. The third-order valence-electron chi connectivity index (χ3n) is 4.89. The molecule has 4 rings (SSSR count). The van der Waals surface area contributed by atoms with E-state index in [0.29, 0.717) is 5.52 Å². The molecule has 2 heterocycles. The van der Waals surface area contributed by atoms with Gasteiger partial charge in [-0.05, 0) is 55.3 Å². The zero-order chi connectivity index (χ0) is 18.8. The molecule has 0 aliphatic carbocycles. The molecule has 0 aliphatic heterocycles. The summed E-state index contributed by atoms with van der Waals surface area (Å²) >= 11 is 0. The van der Waals surface area contributed by atoms with E-state index >= 15 is 0 Å². The van der Waals surface area contributed by atoms with Crippen molar-refractivity contribution in [2.75, 3.05) is 5.32 Å². The Morgan fingerprint density at radius 2 is 1.70 bits per heavy atom. The van der Waals surface area contributed by atoms with Gasteiger partial charge in [-0.25, -0.2) is 0 Å². The summed E-state index contributed by atoms with van der Waals surface area (Å²) in [6, 6.07) is 19.5. The SMILES string of the molecule is Cc1ccc(NC(c2ccccn2)c2ccc3cccnc3c2O)cc1C. The molecule has 0 fully saturated rings. The first-order chi connectivity index (χ1) is 13.1. The first kappa shape index (κ1) is 17.0. The molecule has 0 saturated carbocycles. The number of aryl methyl sites for hydroxylation is 2. The number of phenols is 1. The van der Waals surface area contributed by atoms with Gasteiger partial charge in [0, 0.05) is 29.0 Å². The summed E-state index contributed by atoms with van der Waals surface area (Å²) in [6.45, 7) is 4.18. The lowest BCUT2D eigenvalue weighted by Crippen LogP contribution is -2.14. The lowest BCUT2D eigenvalue weighted by Gasteiger charge is -2.22. The van der Waals surface area contributed by atoms with Crippen molar-refractivity contribution in [3.63, 3.8) is 0 Å². The highest BCUT2D eigenvalue weighted by Crippen LogP contribution is 2.35. The van der Waals surface area contributed by atoms with E-state index in [0.717, 1.165) is 22.3 Å². The normalized spacial score (nSPS) is 12.1. The van der Waals surface area contributed by atoms with Gasteiger partial charge < -0.3 is 10.4 Å². The van der Waals surface area contributed by atoms with Crippen molar-refractivity contribution in [2.45, 2.75) is 19.9 Å². The molecular weight excluding hydrogens is 334 g/mol. The summed E-state index contributed by atoms with van der Waals surface area (Å²) in [5.74, 6) is 0.181. The highest BCUT2D eigenvalue weighted by atomic mass is 16.3. The van der Waals surface area contributed by atoms with Crippen LogP contribution in [0.25, 0.3) is 10.9 Å². The molecule has 1 unspecified atom stereocenters. The number of fused-ring (bicyclic) bond motifs is 1. The van der Waals surface area contributed by atoms with E-state index in [2.05, 4.69) is 47.3 Å². The summed E-state index contributed by atoms with van der Waals surface area (Å²) in [5.41, 5.74) is 5.61.